The van der Waals surface area contributed by atoms with E-state index in [-0.39, 0.29) is 11.1 Å². The van der Waals surface area contributed by atoms with Crippen LogP contribution in [0, 0.1) is 20.8 Å². The summed E-state index contributed by atoms with van der Waals surface area (Å²) in [5.74, 6) is 3.23. The first-order valence-corrected chi connectivity index (χ1v) is 17.9. The van der Waals surface area contributed by atoms with E-state index in [4.69, 9.17) is 23.7 Å². The van der Waals surface area contributed by atoms with E-state index in [2.05, 4.69) is 61.5 Å². The lowest BCUT2D eigenvalue weighted by Crippen LogP contribution is -2.44. The summed E-state index contributed by atoms with van der Waals surface area (Å²) in [6, 6.07) is 7.87. The van der Waals surface area contributed by atoms with Crippen molar-refractivity contribution < 1.29 is 13.7 Å². The van der Waals surface area contributed by atoms with Crippen molar-refractivity contribution in [3.8, 4) is 28.4 Å². The molecule has 3 heterocycles. The van der Waals surface area contributed by atoms with Gasteiger partial charge in [0.25, 0.3) is 0 Å². The Hall–Kier alpha value is -3.15. The maximum atomic E-state index is 6.48. The van der Waals surface area contributed by atoms with Gasteiger partial charge in [0.15, 0.2) is 14.1 Å². The van der Waals surface area contributed by atoms with Crippen LogP contribution in [0.5, 0.6) is 5.75 Å². The third-order valence-electron chi connectivity index (χ3n) is 7.89. The van der Waals surface area contributed by atoms with E-state index in [0.29, 0.717) is 29.9 Å². The summed E-state index contributed by atoms with van der Waals surface area (Å²) in [5.41, 5.74) is 4.14. The summed E-state index contributed by atoms with van der Waals surface area (Å²) in [7, 11) is -1.89. The predicted molar refractivity (Wildman–Crippen MR) is 166 cm³/mol. The summed E-state index contributed by atoms with van der Waals surface area (Å²) >= 11 is 1.58. The van der Waals surface area contributed by atoms with Crippen molar-refractivity contribution in [1.29, 1.82) is 0 Å². The highest BCUT2D eigenvalue weighted by molar-refractivity contribution is 7.15. The lowest BCUT2D eigenvalue weighted by atomic mass is 10.0. The van der Waals surface area contributed by atoms with Gasteiger partial charge < -0.3 is 19.0 Å². The quantitative estimate of drug-likeness (QED) is 0.183. The Labute approximate surface area is 247 Å². The molecule has 9 nitrogen and oxygen atoms in total. The zero-order valence-electron chi connectivity index (χ0n) is 25.5. The minimum Gasteiger partial charge on any atom is -0.491 e. The number of hydrogen-bond donors (Lipinski definition) is 1. The fourth-order valence-corrected chi connectivity index (χ4v) is 6.70. The van der Waals surface area contributed by atoms with Gasteiger partial charge in [-0.2, -0.15) is 0 Å². The van der Waals surface area contributed by atoms with Gasteiger partial charge in [0, 0.05) is 17.0 Å². The van der Waals surface area contributed by atoms with Crippen LogP contribution in [0.4, 0.5) is 10.9 Å². The molecule has 1 fully saturated rings. The molecular formula is C30H40N6O3SSi. The molecule has 11 heteroatoms. The molecule has 41 heavy (non-hydrogen) atoms. The van der Waals surface area contributed by atoms with Gasteiger partial charge in [-0.3, -0.25) is 0 Å². The molecule has 218 valence electrons. The molecule has 0 radical (unpaired) electrons. The topological polar surface area (TPSA) is 108 Å². The van der Waals surface area contributed by atoms with Gasteiger partial charge in [-0.05, 0) is 70.8 Å². The molecule has 5 rings (SSSR count). The lowest BCUT2D eigenvalue weighted by molar-refractivity contribution is 0.129. The summed E-state index contributed by atoms with van der Waals surface area (Å²) in [4.78, 5) is 9.95. The van der Waals surface area contributed by atoms with Gasteiger partial charge in [0.1, 0.15) is 28.9 Å². The number of nitrogens with one attached hydrogen (secondary N) is 1. The van der Waals surface area contributed by atoms with Crippen LogP contribution in [-0.4, -0.2) is 46.4 Å². The second-order valence-corrected chi connectivity index (χ2v) is 18.2. The Kier molecular flexibility index (Phi) is 8.06. The molecule has 1 atom stereocenters. The van der Waals surface area contributed by atoms with Gasteiger partial charge in [-0.15, -0.1) is 10.2 Å². The Morgan fingerprint density at radius 3 is 2.54 bits per heavy atom. The average Bonchev–Trinajstić information content (AvgIpc) is 3.56. The Morgan fingerprint density at radius 2 is 1.88 bits per heavy atom. The fourth-order valence-electron chi connectivity index (χ4n) is 4.37. The molecule has 3 aromatic heterocycles. The fraction of sp³-hybridized carbons (Fsp3) is 0.500. The molecule has 0 aliphatic heterocycles. The Bertz CT molecular complexity index is 1520. The van der Waals surface area contributed by atoms with Crippen molar-refractivity contribution in [2.45, 2.75) is 91.5 Å². The maximum Gasteiger partial charge on any atom is 0.211 e. The molecule has 1 aliphatic rings. The third-order valence-corrected chi connectivity index (χ3v) is 13.5. The highest BCUT2D eigenvalue weighted by Crippen LogP contribution is 2.43. The largest absolute Gasteiger partial charge is 0.491 e. The van der Waals surface area contributed by atoms with Crippen molar-refractivity contribution in [2.75, 3.05) is 11.9 Å². The molecule has 1 unspecified atom stereocenters. The molecule has 1 saturated carbocycles. The smallest absolute Gasteiger partial charge is 0.211 e. The van der Waals surface area contributed by atoms with Crippen LogP contribution in [0.2, 0.25) is 18.1 Å². The highest BCUT2D eigenvalue weighted by atomic mass is 32.1. The SMILES string of the molecule is Cc1noc(C)c1-c1nc(-c2cccc(OCC(C)O[Si](C)(C)C(C)(C)C)c2)nc(Nc2nnc(C3CC3)s2)c1C. The van der Waals surface area contributed by atoms with E-state index in [0.717, 1.165) is 44.0 Å². The van der Waals surface area contributed by atoms with Crippen LogP contribution in [0.15, 0.2) is 28.8 Å². The standard InChI is InChI=1S/C30H40N6O3SSi/c1-17(39-41(8,9)30(5,6)7)16-37-23-12-10-11-22(15-23)27-31-25(24-19(3)36-38-20(24)4)18(2)26(32-27)33-29-35-34-28(40-29)21-13-14-21/h10-12,15,17,21H,13-14,16H2,1-9H3,(H,31,32,33,35). The number of aromatic nitrogens is 5. The van der Waals surface area contributed by atoms with Crippen LogP contribution in [0.1, 0.15) is 68.5 Å². The number of aryl methyl sites for hydroxylation is 2. The van der Waals surface area contributed by atoms with Gasteiger partial charge in [0.2, 0.25) is 5.13 Å². The molecule has 0 bridgehead atoms. The van der Waals surface area contributed by atoms with Crippen molar-refractivity contribution >= 4 is 30.6 Å². The third kappa shape index (κ3) is 6.52. The van der Waals surface area contributed by atoms with Gasteiger partial charge >= 0.3 is 0 Å². The molecule has 4 aromatic rings. The second-order valence-electron chi connectivity index (χ2n) is 12.4. The van der Waals surface area contributed by atoms with E-state index < -0.39 is 8.32 Å². The molecule has 1 aliphatic carbocycles. The van der Waals surface area contributed by atoms with Crippen LogP contribution in [-0.2, 0) is 4.43 Å². The van der Waals surface area contributed by atoms with E-state index >= 15 is 0 Å². The van der Waals surface area contributed by atoms with E-state index in [9.17, 15) is 0 Å². The Balaban J connectivity index is 1.44. The van der Waals surface area contributed by atoms with Gasteiger partial charge in [-0.1, -0.05) is 49.4 Å². The monoisotopic (exact) mass is 592 g/mol. The zero-order chi connectivity index (χ0) is 29.5. The molecule has 0 spiro atoms. The first-order chi connectivity index (χ1) is 19.3. The van der Waals surface area contributed by atoms with Crippen molar-refractivity contribution in [1.82, 2.24) is 25.3 Å². The summed E-state index contributed by atoms with van der Waals surface area (Å²) in [5, 5.41) is 18.3. The van der Waals surface area contributed by atoms with Crippen LogP contribution >= 0.6 is 11.3 Å². The lowest BCUT2D eigenvalue weighted by Gasteiger charge is -2.38. The molecular weight excluding hydrogens is 553 g/mol. The summed E-state index contributed by atoms with van der Waals surface area (Å²) < 4.78 is 18.2. The first-order valence-electron chi connectivity index (χ1n) is 14.2. The number of rotatable bonds is 10. The first kappa shape index (κ1) is 29.3. The number of benzene rings is 1. The van der Waals surface area contributed by atoms with Gasteiger partial charge in [-0.25, -0.2) is 9.97 Å². The van der Waals surface area contributed by atoms with Crippen molar-refractivity contribution in [3.63, 3.8) is 0 Å². The number of anilines is 2. The average molecular weight is 593 g/mol. The second kappa shape index (κ2) is 11.3. The Morgan fingerprint density at radius 1 is 1.12 bits per heavy atom. The minimum atomic E-state index is -1.89. The molecule has 1 aromatic carbocycles. The highest BCUT2D eigenvalue weighted by Gasteiger charge is 2.38. The summed E-state index contributed by atoms with van der Waals surface area (Å²) in [6.07, 6.45) is 2.34. The van der Waals surface area contributed by atoms with Crippen LogP contribution in [0.25, 0.3) is 22.6 Å². The minimum absolute atomic E-state index is 0.0236. The van der Waals surface area contributed by atoms with E-state index in [1.165, 1.54) is 12.8 Å². The molecule has 0 saturated heterocycles. The van der Waals surface area contributed by atoms with E-state index in [1.807, 2.05) is 45.0 Å². The van der Waals surface area contributed by atoms with Crippen LogP contribution < -0.4 is 10.1 Å². The zero-order valence-corrected chi connectivity index (χ0v) is 27.3. The number of ether oxygens (including phenoxy) is 1. The van der Waals surface area contributed by atoms with E-state index in [1.54, 1.807) is 11.3 Å². The number of nitrogens with zero attached hydrogens (tertiary/aromatic N) is 5. The molecule has 0 amide bonds. The van der Waals surface area contributed by atoms with Crippen LogP contribution in [0.3, 0.4) is 0 Å². The normalized spacial score (nSPS) is 14.8. The van der Waals surface area contributed by atoms with Crippen molar-refractivity contribution in [3.05, 3.63) is 46.3 Å². The predicted octanol–water partition coefficient (Wildman–Crippen LogP) is 7.99. The number of hydrogen-bond acceptors (Lipinski definition) is 10. The molecule has 1 N–H and O–H groups in total. The maximum absolute atomic E-state index is 6.48. The van der Waals surface area contributed by atoms with Crippen molar-refractivity contribution in [2.24, 2.45) is 0 Å². The van der Waals surface area contributed by atoms with Gasteiger partial charge in [0.05, 0.1) is 23.1 Å². The summed E-state index contributed by atoms with van der Waals surface area (Å²) in [6.45, 7) is 19.6.